The van der Waals surface area contributed by atoms with Gasteiger partial charge in [-0.15, -0.1) is 0 Å². The van der Waals surface area contributed by atoms with E-state index in [1.807, 2.05) is 6.08 Å². The smallest absolute Gasteiger partial charge is 0.0161 e. The van der Waals surface area contributed by atoms with Crippen LogP contribution >= 0.6 is 0 Å². The Morgan fingerprint density at radius 3 is 1.90 bits per heavy atom. The summed E-state index contributed by atoms with van der Waals surface area (Å²) < 4.78 is 0. The molecule has 0 aliphatic rings. The van der Waals surface area contributed by atoms with Gasteiger partial charge in [-0.05, 0) is 33.1 Å². The Morgan fingerprint density at radius 2 is 1.35 bits per heavy atom. The lowest BCUT2D eigenvalue weighted by Gasteiger charge is -2.03. The molecule has 0 unspecified atom stereocenters. The Labute approximate surface area is 128 Å². The minimum atomic E-state index is 1.06. The molecule has 0 radical (unpaired) electrons. The fourth-order valence-corrected chi connectivity index (χ4v) is 2.35. The van der Waals surface area contributed by atoms with Crippen LogP contribution in [0.4, 0.5) is 0 Å². The highest BCUT2D eigenvalue weighted by Crippen LogP contribution is 2.13. The molecule has 0 aliphatic carbocycles. The van der Waals surface area contributed by atoms with E-state index in [1.165, 1.54) is 69.8 Å². The zero-order valence-electron chi connectivity index (χ0n) is 14.2. The molecule has 0 saturated heterocycles. The Morgan fingerprint density at radius 1 is 0.800 bits per heavy atom. The quantitative estimate of drug-likeness (QED) is 0.187. The second-order valence-corrected chi connectivity index (χ2v) is 6.02. The Bertz CT molecular complexity index is 280. The molecule has 0 aromatic carbocycles. The monoisotopic (exact) mass is 276 g/mol. The molecule has 0 spiro atoms. The van der Waals surface area contributed by atoms with Crippen molar-refractivity contribution in [3.8, 4) is 0 Å². The van der Waals surface area contributed by atoms with Gasteiger partial charge in [0.25, 0.3) is 0 Å². The first-order valence-corrected chi connectivity index (χ1v) is 8.65. The van der Waals surface area contributed by atoms with E-state index in [2.05, 4.69) is 39.5 Å². The summed E-state index contributed by atoms with van der Waals surface area (Å²) in [4.78, 5) is 0. The van der Waals surface area contributed by atoms with Gasteiger partial charge in [-0.2, -0.15) is 0 Å². The summed E-state index contributed by atoms with van der Waals surface area (Å²) in [6, 6.07) is 0. The van der Waals surface area contributed by atoms with Gasteiger partial charge in [0.05, 0.1) is 0 Å². The van der Waals surface area contributed by atoms with Crippen LogP contribution in [0, 0.1) is 0 Å². The number of hydrogen-bond acceptors (Lipinski definition) is 0. The molecule has 0 heterocycles. The maximum atomic E-state index is 3.77. The van der Waals surface area contributed by atoms with Crippen LogP contribution in [-0.4, -0.2) is 0 Å². The summed E-state index contributed by atoms with van der Waals surface area (Å²) in [5, 5.41) is 0. The topological polar surface area (TPSA) is 0 Å². The number of rotatable bonds is 13. The molecule has 0 rings (SSSR count). The molecular weight excluding hydrogens is 240 g/mol. The maximum absolute atomic E-state index is 3.77. The minimum absolute atomic E-state index is 1.06. The summed E-state index contributed by atoms with van der Waals surface area (Å²) in [5.41, 5.74) is 2.82. The van der Waals surface area contributed by atoms with Crippen molar-refractivity contribution < 1.29 is 0 Å². The molecule has 0 heteroatoms. The normalized spacial score (nSPS) is 12.8. The zero-order chi connectivity index (χ0) is 15.1. The molecule has 0 aromatic heterocycles. The SMILES string of the molecule is C=C/C(C)=C\C/C=C(/C)CCCCCCCCCCC. The highest BCUT2D eigenvalue weighted by molar-refractivity contribution is 5.15. The van der Waals surface area contributed by atoms with Crippen LogP contribution in [-0.2, 0) is 0 Å². The van der Waals surface area contributed by atoms with Crippen LogP contribution in [0.15, 0.2) is 36.0 Å². The van der Waals surface area contributed by atoms with Crippen LogP contribution < -0.4 is 0 Å². The summed E-state index contributed by atoms with van der Waals surface area (Å²) >= 11 is 0. The third-order valence-electron chi connectivity index (χ3n) is 3.90. The van der Waals surface area contributed by atoms with Gasteiger partial charge in [0.15, 0.2) is 0 Å². The molecular formula is C20H36. The standard InChI is InChI=1S/C20H36/c1-5-7-8-9-10-11-12-13-14-16-20(4)18-15-17-19(3)6-2/h6,17-18H,2,5,7-16H2,1,3-4H3/b19-17-,20-18-. The van der Waals surface area contributed by atoms with E-state index in [0.29, 0.717) is 0 Å². The van der Waals surface area contributed by atoms with E-state index in [0.717, 1.165) is 6.42 Å². The van der Waals surface area contributed by atoms with Gasteiger partial charge in [-0.3, -0.25) is 0 Å². The number of hydrogen-bond donors (Lipinski definition) is 0. The van der Waals surface area contributed by atoms with Crippen molar-refractivity contribution in [1.29, 1.82) is 0 Å². The first-order valence-electron chi connectivity index (χ1n) is 8.65. The van der Waals surface area contributed by atoms with Crippen LogP contribution in [0.2, 0.25) is 0 Å². The van der Waals surface area contributed by atoms with Crippen molar-refractivity contribution >= 4 is 0 Å². The van der Waals surface area contributed by atoms with Gasteiger partial charge in [-0.1, -0.05) is 94.2 Å². The first-order chi connectivity index (χ1) is 9.70. The van der Waals surface area contributed by atoms with Crippen molar-refractivity contribution in [2.24, 2.45) is 0 Å². The van der Waals surface area contributed by atoms with E-state index >= 15 is 0 Å². The van der Waals surface area contributed by atoms with Crippen molar-refractivity contribution in [3.63, 3.8) is 0 Å². The van der Waals surface area contributed by atoms with Crippen molar-refractivity contribution in [2.75, 3.05) is 0 Å². The van der Waals surface area contributed by atoms with Gasteiger partial charge in [0.1, 0.15) is 0 Å². The lowest BCUT2D eigenvalue weighted by molar-refractivity contribution is 0.564. The molecule has 0 fully saturated rings. The number of unbranched alkanes of at least 4 members (excludes halogenated alkanes) is 8. The molecule has 0 amide bonds. The predicted octanol–water partition coefficient (Wildman–Crippen LogP) is 7.38. The van der Waals surface area contributed by atoms with E-state index in [9.17, 15) is 0 Å². The Balaban J connectivity index is 3.41. The van der Waals surface area contributed by atoms with Crippen LogP contribution in [0.1, 0.15) is 91.4 Å². The highest BCUT2D eigenvalue weighted by atomic mass is 14.0. The lowest BCUT2D eigenvalue weighted by Crippen LogP contribution is -1.83. The molecule has 20 heavy (non-hydrogen) atoms. The average molecular weight is 277 g/mol. The third-order valence-corrected chi connectivity index (χ3v) is 3.90. The summed E-state index contributed by atoms with van der Waals surface area (Å²) in [6.07, 6.45) is 21.6. The Kier molecular flexibility index (Phi) is 14.1. The lowest BCUT2D eigenvalue weighted by atomic mass is 10.0. The summed E-state index contributed by atoms with van der Waals surface area (Å²) in [7, 11) is 0. The molecule has 0 aliphatic heterocycles. The van der Waals surface area contributed by atoms with Gasteiger partial charge >= 0.3 is 0 Å². The van der Waals surface area contributed by atoms with Crippen molar-refractivity contribution in [2.45, 2.75) is 91.4 Å². The molecule has 0 nitrogen and oxygen atoms in total. The second-order valence-electron chi connectivity index (χ2n) is 6.02. The molecule has 0 aromatic rings. The minimum Gasteiger partial charge on any atom is -0.0988 e. The van der Waals surface area contributed by atoms with Gasteiger partial charge < -0.3 is 0 Å². The predicted molar refractivity (Wildman–Crippen MR) is 94.2 cm³/mol. The largest absolute Gasteiger partial charge is 0.0988 e. The molecule has 0 N–H and O–H groups in total. The number of allylic oxidation sites excluding steroid dienone is 5. The molecule has 116 valence electrons. The first kappa shape index (κ1) is 19.2. The second kappa shape index (κ2) is 14.6. The van der Waals surface area contributed by atoms with Crippen LogP contribution in [0.25, 0.3) is 0 Å². The highest BCUT2D eigenvalue weighted by Gasteiger charge is 1.93. The molecule has 0 atom stereocenters. The fourth-order valence-electron chi connectivity index (χ4n) is 2.35. The van der Waals surface area contributed by atoms with Crippen molar-refractivity contribution in [3.05, 3.63) is 36.0 Å². The Hall–Kier alpha value is -0.780. The van der Waals surface area contributed by atoms with E-state index in [-0.39, 0.29) is 0 Å². The third kappa shape index (κ3) is 13.6. The fraction of sp³-hybridized carbons (Fsp3) is 0.700. The molecule has 0 saturated carbocycles. The molecule has 0 bridgehead atoms. The van der Waals surface area contributed by atoms with Gasteiger partial charge in [-0.25, -0.2) is 0 Å². The van der Waals surface area contributed by atoms with Gasteiger partial charge in [0, 0.05) is 0 Å². The summed E-state index contributed by atoms with van der Waals surface area (Å²) in [5.74, 6) is 0. The van der Waals surface area contributed by atoms with E-state index in [4.69, 9.17) is 0 Å². The zero-order valence-corrected chi connectivity index (χ0v) is 14.2. The van der Waals surface area contributed by atoms with Crippen molar-refractivity contribution in [1.82, 2.24) is 0 Å². The van der Waals surface area contributed by atoms with E-state index < -0.39 is 0 Å². The van der Waals surface area contributed by atoms with Crippen LogP contribution in [0.3, 0.4) is 0 Å². The maximum Gasteiger partial charge on any atom is -0.0161 e. The average Bonchev–Trinajstić information content (AvgIpc) is 2.45. The van der Waals surface area contributed by atoms with Gasteiger partial charge in [0.2, 0.25) is 0 Å². The van der Waals surface area contributed by atoms with E-state index in [1.54, 1.807) is 5.57 Å². The van der Waals surface area contributed by atoms with Crippen LogP contribution in [0.5, 0.6) is 0 Å². The summed E-state index contributed by atoms with van der Waals surface area (Å²) in [6.45, 7) is 10.4.